The van der Waals surface area contributed by atoms with Gasteiger partial charge in [-0.05, 0) is 43.0 Å². The molecule has 1 aliphatic carbocycles. The Balaban J connectivity index is 0.00000363. The highest BCUT2D eigenvalue weighted by molar-refractivity contribution is 14.0. The number of hydrogen-bond donors (Lipinski definition) is 3. The lowest BCUT2D eigenvalue weighted by Crippen LogP contribution is -2.44. The SMILES string of the molecule is CCNC(=NCc1ccc(OC)c(NC(C)=O)c1)NCC1(c2ccccc2)CCCC1.I. The van der Waals surface area contributed by atoms with Crippen LogP contribution in [0.2, 0.25) is 0 Å². The predicted molar refractivity (Wildman–Crippen MR) is 142 cm³/mol. The molecule has 0 aliphatic heterocycles. The van der Waals surface area contributed by atoms with Crippen LogP contribution in [-0.2, 0) is 16.8 Å². The summed E-state index contributed by atoms with van der Waals surface area (Å²) in [6, 6.07) is 16.6. The fraction of sp³-hybridized carbons (Fsp3) is 0.440. The number of nitrogens with zero attached hydrogens (tertiary/aromatic N) is 1. The Morgan fingerprint density at radius 2 is 1.81 bits per heavy atom. The largest absolute Gasteiger partial charge is 0.495 e. The van der Waals surface area contributed by atoms with Crippen molar-refractivity contribution in [3.05, 3.63) is 59.7 Å². The number of halogens is 1. The van der Waals surface area contributed by atoms with E-state index in [2.05, 4.69) is 53.2 Å². The number of nitrogens with one attached hydrogen (secondary N) is 3. The van der Waals surface area contributed by atoms with Crippen LogP contribution >= 0.6 is 24.0 Å². The van der Waals surface area contributed by atoms with Crippen molar-refractivity contribution in [1.82, 2.24) is 10.6 Å². The second-order valence-electron chi connectivity index (χ2n) is 8.12. The molecule has 0 heterocycles. The van der Waals surface area contributed by atoms with E-state index in [1.165, 1.54) is 38.2 Å². The smallest absolute Gasteiger partial charge is 0.221 e. The van der Waals surface area contributed by atoms with Crippen molar-refractivity contribution < 1.29 is 9.53 Å². The highest BCUT2D eigenvalue weighted by Gasteiger charge is 2.35. The van der Waals surface area contributed by atoms with Crippen LogP contribution in [0.15, 0.2) is 53.5 Å². The Labute approximate surface area is 208 Å². The molecule has 0 bridgehead atoms. The number of carbonyl (C=O) groups is 1. The summed E-state index contributed by atoms with van der Waals surface area (Å²) in [5.41, 5.74) is 3.23. The third-order valence-electron chi connectivity index (χ3n) is 5.88. The van der Waals surface area contributed by atoms with Crippen LogP contribution in [0, 0.1) is 0 Å². The van der Waals surface area contributed by atoms with Gasteiger partial charge in [0.25, 0.3) is 0 Å². The van der Waals surface area contributed by atoms with Gasteiger partial charge in [-0.25, -0.2) is 4.99 Å². The summed E-state index contributed by atoms with van der Waals surface area (Å²) < 4.78 is 5.34. The lowest BCUT2D eigenvalue weighted by Gasteiger charge is -2.30. The Morgan fingerprint density at radius 3 is 2.44 bits per heavy atom. The monoisotopic (exact) mass is 550 g/mol. The number of carbonyl (C=O) groups excluding carboxylic acids is 1. The van der Waals surface area contributed by atoms with Gasteiger partial charge in [0, 0.05) is 25.4 Å². The molecule has 3 N–H and O–H groups in total. The van der Waals surface area contributed by atoms with E-state index in [-0.39, 0.29) is 35.3 Å². The first kappa shape index (κ1) is 26.0. The minimum atomic E-state index is -0.128. The molecule has 3 rings (SSSR count). The summed E-state index contributed by atoms with van der Waals surface area (Å²) in [5, 5.41) is 9.76. The van der Waals surface area contributed by atoms with Crippen molar-refractivity contribution in [2.75, 3.05) is 25.5 Å². The average molecular weight is 550 g/mol. The van der Waals surface area contributed by atoms with Crippen LogP contribution in [0.1, 0.15) is 50.7 Å². The first-order chi connectivity index (χ1) is 15.1. The number of rotatable bonds is 8. The van der Waals surface area contributed by atoms with Crippen molar-refractivity contribution in [3.63, 3.8) is 0 Å². The summed E-state index contributed by atoms with van der Waals surface area (Å²) in [6.45, 7) is 5.72. The molecule has 0 aromatic heterocycles. The number of aliphatic imine (C=N–C) groups is 1. The second kappa shape index (κ2) is 12.7. The molecule has 2 aromatic carbocycles. The number of guanidine groups is 1. The van der Waals surface area contributed by atoms with Crippen LogP contribution in [-0.4, -0.2) is 32.1 Å². The van der Waals surface area contributed by atoms with Gasteiger partial charge in [0.05, 0.1) is 19.3 Å². The van der Waals surface area contributed by atoms with Crippen LogP contribution < -0.4 is 20.7 Å². The van der Waals surface area contributed by atoms with Crippen LogP contribution in [0.3, 0.4) is 0 Å². The lowest BCUT2D eigenvalue weighted by molar-refractivity contribution is -0.114. The van der Waals surface area contributed by atoms with Crippen molar-refractivity contribution in [1.29, 1.82) is 0 Å². The predicted octanol–water partition coefficient (Wildman–Crippen LogP) is 4.84. The minimum Gasteiger partial charge on any atom is -0.495 e. The van der Waals surface area contributed by atoms with Gasteiger partial charge in [-0.2, -0.15) is 0 Å². The number of ether oxygens (including phenoxy) is 1. The second-order valence-corrected chi connectivity index (χ2v) is 8.12. The fourth-order valence-corrected chi connectivity index (χ4v) is 4.32. The molecule has 0 radical (unpaired) electrons. The minimum absolute atomic E-state index is 0. The molecule has 0 unspecified atom stereocenters. The molecule has 6 nitrogen and oxygen atoms in total. The average Bonchev–Trinajstić information content (AvgIpc) is 3.26. The maximum Gasteiger partial charge on any atom is 0.221 e. The van der Waals surface area contributed by atoms with E-state index < -0.39 is 0 Å². The number of methoxy groups -OCH3 is 1. The third-order valence-corrected chi connectivity index (χ3v) is 5.88. The molecule has 174 valence electrons. The van der Waals surface area contributed by atoms with E-state index in [0.717, 1.165) is 24.6 Å². The number of anilines is 1. The molecular weight excluding hydrogens is 515 g/mol. The van der Waals surface area contributed by atoms with Crippen molar-refractivity contribution in [2.45, 2.75) is 51.5 Å². The Bertz CT molecular complexity index is 896. The Kier molecular flexibility index (Phi) is 10.3. The third kappa shape index (κ3) is 6.85. The van der Waals surface area contributed by atoms with Gasteiger partial charge in [-0.1, -0.05) is 49.2 Å². The summed E-state index contributed by atoms with van der Waals surface area (Å²) in [5.74, 6) is 1.32. The van der Waals surface area contributed by atoms with Crippen LogP contribution in [0.4, 0.5) is 5.69 Å². The number of amides is 1. The van der Waals surface area contributed by atoms with E-state index in [1.54, 1.807) is 7.11 Å². The van der Waals surface area contributed by atoms with Gasteiger partial charge < -0.3 is 20.7 Å². The summed E-state index contributed by atoms with van der Waals surface area (Å²) in [4.78, 5) is 16.3. The molecule has 1 aliphatic rings. The van der Waals surface area contributed by atoms with Gasteiger partial charge in [0.1, 0.15) is 5.75 Å². The molecule has 0 spiro atoms. The normalized spacial score (nSPS) is 14.9. The van der Waals surface area contributed by atoms with Gasteiger partial charge in [-0.3, -0.25) is 4.79 Å². The maximum absolute atomic E-state index is 11.5. The molecule has 7 heteroatoms. The van der Waals surface area contributed by atoms with E-state index in [4.69, 9.17) is 9.73 Å². The maximum atomic E-state index is 11.5. The zero-order valence-corrected chi connectivity index (χ0v) is 21.6. The topological polar surface area (TPSA) is 74.8 Å². The molecule has 1 fully saturated rings. The van der Waals surface area contributed by atoms with Gasteiger partial charge in [0.15, 0.2) is 5.96 Å². The molecule has 0 atom stereocenters. The van der Waals surface area contributed by atoms with Crippen LogP contribution in [0.25, 0.3) is 0 Å². The van der Waals surface area contributed by atoms with Gasteiger partial charge >= 0.3 is 0 Å². The molecule has 2 aromatic rings. The Hall–Kier alpha value is -2.29. The summed E-state index contributed by atoms with van der Waals surface area (Å²) >= 11 is 0. The first-order valence-electron chi connectivity index (χ1n) is 11.1. The van der Waals surface area contributed by atoms with Crippen molar-refractivity contribution in [3.8, 4) is 5.75 Å². The highest BCUT2D eigenvalue weighted by Crippen LogP contribution is 2.40. The molecule has 1 saturated carbocycles. The lowest BCUT2D eigenvalue weighted by atomic mass is 9.79. The quantitative estimate of drug-likeness (QED) is 0.250. The fourth-order valence-electron chi connectivity index (χ4n) is 4.32. The highest BCUT2D eigenvalue weighted by atomic mass is 127. The molecular formula is C25H35IN4O2. The zero-order valence-electron chi connectivity index (χ0n) is 19.2. The summed E-state index contributed by atoms with van der Waals surface area (Å²) in [7, 11) is 1.59. The van der Waals surface area contributed by atoms with E-state index >= 15 is 0 Å². The van der Waals surface area contributed by atoms with Gasteiger partial charge in [-0.15, -0.1) is 24.0 Å². The van der Waals surface area contributed by atoms with Crippen molar-refractivity contribution >= 4 is 41.5 Å². The van der Waals surface area contributed by atoms with E-state index in [9.17, 15) is 4.79 Å². The molecule has 32 heavy (non-hydrogen) atoms. The van der Waals surface area contributed by atoms with Crippen molar-refractivity contribution in [2.24, 2.45) is 4.99 Å². The molecule has 0 saturated heterocycles. The van der Waals surface area contributed by atoms with E-state index in [1.807, 2.05) is 18.2 Å². The zero-order chi connectivity index (χ0) is 22.1. The summed E-state index contributed by atoms with van der Waals surface area (Å²) in [6.07, 6.45) is 4.92. The molecule has 1 amide bonds. The Morgan fingerprint density at radius 1 is 1.09 bits per heavy atom. The van der Waals surface area contributed by atoms with Crippen LogP contribution in [0.5, 0.6) is 5.75 Å². The van der Waals surface area contributed by atoms with E-state index in [0.29, 0.717) is 18.0 Å². The number of hydrogen-bond acceptors (Lipinski definition) is 3. The van der Waals surface area contributed by atoms with Gasteiger partial charge in [0.2, 0.25) is 5.91 Å². The number of benzene rings is 2. The first-order valence-corrected chi connectivity index (χ1v) is 11.1. The standard InChI is InChI=1S/C25H34N4O2.HI/c1-4-26-24(27-17-20-12-13-23(31-3)22(16-20)29-19(2)30)28-18-25(14-8-9-15-25)21-10-6-5-7-11-21;/h5-7,10-13,16H,4,8-9,14-15,17-18H2,1-3H3,(H,29,30)(H2,26,27,28);1H.